The summed E-state index contributed by atoms with van der Waals surface area (Å²) < 4.78 is 59.6. The maximum Gasteiger partial charge on any atom is 0.338 e. The van der Waals surface area contributed by atoms with E-state index in [0.717, 1.165) is 22.3 Å². The van der Waals surface area contributed by atoms with Gasteiger partial charge >= 0.3 is 11.9 Å². The second kappa shape index (κ2) is 23.8. The Morgan fingerprint density at radius 1 is 0.646 bits per heavy atom. The van der Waals surface area contributed by atoms with Gasteiger partial charge in [-0.15, -0.1) is 18.2 Å². The number of halogens is 1. The monoisotopic (exact) mass is 906 g/mol. The second-order valence-corrected chi connectivity index (χ2v) is 16.1. The summed E-state index contributed by atoms with van der Waals surface area (Å²) in [5, 5.41) is 11.4. The van der Waals surface area contributed by atoms with Gasteiger partial charge in [0.25, 0.3) is 0 Å². The summed E-state index contributed by atoms with van der Waals surface area (Å²) in [6, 6.07) is 47.1. The number of alkyl halides is 1. The summed E-state index contributed by atoms with van der Waals surface area (Å²) in [6.45, 7) is 6.51. The van der Waals surface area contributed by atoms with E-state index in [1.807, 2.05) is 121 Å². The number of hydrogen-bond acceptors (Lipinski definition) is 12. The highest BCUT2D eigenvalue weighted by atomic mass is 35.5. The Labute approximate surface area is 384 Å². The molecule has 2 fully saturated rings. The standard InChI is InChI=1S/C52H55ClO12/c1-3-29-52(65-44-36(2)61-51(56)48(46(44)62-43(54)30-53)63-50(55)41-27-17-8-18-28-41)49(60-34-40-25-15-7-16-26-40)47(59-33-39-23-13-6-14-24-39)45(58-32-38-21-11-5-12-22-38)42(64-52)35-57-31-37-19-9-4-10-20-37/h3-28,36,42,44-49,51,56H,1,29-35H2,2H3/t36-,42+,44-,45+,46+,47-,48+,49+,51+,52+/m0/s1. The summed E-state index contributed by atoms with van der Waals surface area (Å²) in [5.74, 6) is -3.99. The highest BCUT2D eigenvalue weighted by Crippen LogP contribution is 2.43. The van der Waals surface area contributed by atoms with Crippen molar-refractivity contribution in [2.45, 2.75) is 101 Å². The fraction of sp³-hybridized carbons (Fsp3) is 0.346. The van der Waals surface area contributed by atoms with Gasteiger partial charge in [-0.2, -0.15) is 0 Å². The molecule has 0 amide bonds. The number of carbonyl (C=O) groups is 2. The zero-order chi connectivity index (χ0) is 45.4. The summed E-state index contributed by atoms with van der Waals surface area (Å²) in [7, 11) is 0. The lowest BCUT2D eigenvalue weighted by atomic mass is 9.88. The molecule has 0 aromatic heterocycles. The Hall–Kier alpha value is -5.25. The van der Waals surface area contributed by atoms with E-state index in [0.29, 0.717) is 0 Å². The molecule has 7 rings (SSSR count). The minimum Gasteiger partial charge on any atom is -0.454 e. The maximum absolute atomic E-state index is 13.6. The zero-order valence-corrected chi connectivity index (χ0v) is 36.9. The Morgan fingerprint density at radius 3 is 1.66 bits per heavy atom. The minimum atomic E-state index is -1.81. The fourth-order valence-corrected chi connectivity index (χ4v) is 8.08. The van der Waals surface area contributed by atoms with Gasteiger partial charge in [0, 0.05) is 6.42 Å². The van der Waals surface area contributed by atoms with E-state index in [9.17, 15) is 14.7 Å². The third-order valence-corrected chi connectivity index (χ3v) is 11.4. The van der Waals surface area contributed by atoms with Gasteiger partial charge in [0.2, 0.25) is 5.79 Å². The van der Waals surface area contributed by atoms with Crippen molar-refractivity contribution in [3.8, 4) is 0 Å². The Morgan fingerprint density at radius 2 is 1.14 bits per heavy atom. The first-order chi connectivity index (χ1) is 31.8. The molecule has 65 heavy (non-hydrogen) atoms. The lowest BCUT2D eigenvalue weighted by Gasteiger charge is -2.54. The molecular weight excluding hydrogens is 852 g/mol. The molecule has 0 spiro atoms. The predicted molar refractivity (Wildman–Crippen MR) is 241 cm³/mol. The molecule has 13 heteroatoms. The molecular formula is C52H55ClO12. The molecule has 2 heterocycles. The van der Waals surface area contributed by atoms with Crippen LogP contribution in [0.5, 0.6) is 0 Å². The van der Waals surface area contributed by atoms with Crippen LogP contribution < -0.4 is 0 Å². The van der Waals surface area contributed by atoms with Crippen molar-refractivity contribution < 1.29 is 57.3 Å². The highest BCUT2D eigenvalue weighted by molar-refractivity contribution is 6.26. The summed E-state index contributed by atoms with van der Waals surface area (Å²) in [5.41, 5.74) is 3.83. The third-order valence-electron chi connectivity index (χ3n) is 11.1. The van der Waals surface area contributed by atoms with Crippen LogP contribution >= 0.6 is 11.6 Å². The average molecular weight is 907 g/mol. The van der Waals surface area contributed by atoms with Crippen molar-refractivity contribution in [1.29, 1.82) is 0 Å². The first-order valence-corrected chi connectivity index (χ1v) is 22.2. The van der Waals surface area contributed by atoms with Gasteiger partial charge in [0.15, 0.2) is 18.5 Å². The van der Waals surface area contributed by atoms with Crippen molar-refractivity contribution in [2.75, 3.05) is 12.5 Å². The largest absolute Gasteiger partial charge is 0.454 e. The minimum absolute atomic E-state index is 0.00530. The Balaban J connectivity index is 1.32. The fourth-order valence-electron chi connectivity index (χ4n) is 8.02. The van der Waals surface area contributed by atoms with Crippen molar-refractivity contribution in [2.24, 2.45) is 0 Å². The van der Waals surface area contributed by atoms with E-state index in [2.05, 4.69) is 6.58 Å². The molecule has 0 radical (unpaired) electrons. The van der Waals surface area contributed by atoms with Gasteiger partial charge in [0.1, 0.15) is 36.4 Å². The zero-order valence-electron chi connectivity index (χ0n) is 36.2. The van der Waals surface area contributed by atoms with E-state index < -0.39 is 78.7 Å². The number of ether oxygens (including phenoxy) is 9. The van der Waals surface area contributed by atoms with Gasteiger partial charge in [0.05, 0.1) is 44.7 Å². The van der Waals surface area contributed by atoms with E-state index in [1.54, 1.807) is 43.3 Å². The van der Waals surface area contributed by atoms with Crippen LogP contribution in [0.1, 0.15) is 46.0 Å². The number of aliphatic hydroxyl groups excluding tert-OH is 1. The molecule has 2 saturated heterocycles. The Kier molecular flexibility index (Phi) is 17.5. The van der Waals surface area contributed by atoms with Crippen molar-refractivity contribution in [1.82, 2.24) is 0 Å². The van der Waals surface area contributed by atoms with E-state index >= 15 is 0 Å². The summed E-state index contributed by atoms with van der Waals surface area (Å²) in [4.78, 5) is 26.7. The molecule has 1 N–H and O–H groups in total. The van der Waals surface area contributed by atoms with Crippen LogP contribution in [0.4, 0.5) is 0 Å². The SMILES string of the molecule is C=CC[C@]1(O[C@@H]2[C@@H](OC(=O)CCl)[C@@H](OC(=O)c3ccccc3)[C@H](O)O[C@H]2C)O[C@H](COCc2ccccc2)[C@@H](OCc2ccccc2)[C@H](OCc2ccccc2)[C@H]1OCc1ccccc1. The first-order valence-electron chi connectivity index (χ1n) is 21.7. The summed E-state index contributed by atoms with van der Waals surface area (Å²) >= 11 is 6.02. The predicted octanol–water partition coefficient (Wildman–Crippen LogP) is 8.13. The highest BCUT2D eigenvalue weighted by Gasteiger charge is 2.61. The molecule has 0 bridgehead atoms. The molecule has 2 aliphatic rings. The van der Waals surface area contributed by atoms with Gasteiger partial charge in [-0.25, -0.2) is 4.79 Å². The number of rotatable bonds is 21. The molecule has 0 unspecified atom stereocenters. The first kappa shape index (κ1) is 47.7. The van der Waals surface area contributed by atoms with Crippen LogP contribution in [0.2, 0.25) is 0 Å². The lowest BCUT2D eigenvalue weighted by molar-refractivity contribution is -0.411. The molecule has 10 atom stereocenters. The molecule has 5 aromatic rings. The van der Waals surface area contributed by atoms with E-state index in [4.69, 9.17) is 54.2 Å². The number of carbonyl (C=O) groups excluding carboxylic acids is 2. The Bertz CT molecular complexity index is 2200. The van der Waals surface area contributed by atoms with E-state index in [1.165, 1.54) is 0 Å². The van der Waals surface area contributed by atoms with Crippen LogP contribution in [0, 0.1) is 0 Å². The third kappa shape index (κ3) is 12.8. The van der Waals surface area contributed by atoms with Crippen molar-refractivity contribution in [3.63, 3.8) is 0 Å². The van der Waals surface area contributed by atoms with Crippen molar-refractivity contribution in [3.05, 3.63) is 192 Å². The molecule has 2 aliphatic heterocycles. The number of aliphatic hydroxyl groups is 1. The van der Waals surface area contributed by atoms with Crippen LogP contribution in [0.25, 0.3) is 0 Å². The topological polar surface area (TPSA) is 137 Å². The average Bonchev–Trinajstić information content (AvgIpc) is 3.34. The second-order valence-electron chi connectivity index (χ2n) is 15.8. The van der Waals surface area contributed by atoms with Gasteiger partial charge in [-0.3, -0.25) is 4.79 Å². The normalized spacial score (nSPS) is 26.5. The number of esters is 2. The van der Waals surface area contributed by atoms with Crippen molar-refractivity contribution >= 4 is 23.5 Å². The molecule has 342 valence electrons. The van der Waals surface area contributed by atoms with Crippen LogP contribution in [0.3, 0.4) is 0 Å². The van der Waals surface area contributed by atoms with Gasteiger partial charge in [-0.05, 0) is 41.3 Å². The summed E-state index contributed by atoms with van der Waals surface area (Å²) in [6.07, 6.45) is -9.09. The quantitative estimate of drug-likeness (QED) is 0.0433. The maximum atomic E-state index is 13.6. The van der Waals surface area contributed by atoms with Crippen LogP contribution in [0.15, 0.2) is 164 Å². The van der Waals surface area contributed by atoms with E-state index in [-0.39, 0.29) is 45.0 Å². The lowest BCUT2D eigenvalue weighted by Crippen LogP contribution is -2.71. The van der Waals surface area contributed by atoms with Crippen LogP contribution in [-0.2, 0) is 73.9 Å². The van der Waals surface area contributed by atoms with Gasteiger partial charge < -0.3 is 47.7 Å². The molecule has 12 nitrogen and oxygen atoms in total. The molecule has 0 saturated carbocycles. The van der Waals surface area contributed by atoms with Crippen LogP contribution in [-0.4, -0.2) is 90.4 Å². The number of benzene rings is 5. The molecule has 5 aromatic carbocycles. The smallest absolute Gasteiger partial charge is 0.338 e. The van der Waals surface area contributed by atoms with Gasteiger partial charge in [-0.1, -0.05) is 146 Å². The number of hydrogen-bond donors (Lipinski definition) is 1. The molecule has 0 aliphatic carbocycles.